The Morgan fingerprint density at radius 2 is 2.05 bits per heavy atom. The minimum absolute atomic E-state index is 0.187. The van der Waals surface area contributed by atoms with Gasteiger partial charge in [-0.25, -0.2) is 4.79 Å². The fourth-order valence-corrected chi connectivity index (χ4v) is 1.30. The molecule has 0 atom stereocenters. The zero-order chi connectivity index (χ0) is 14.3. The number of pyridine rings is 1. The van der Waals surface area contributed by atoms with E-state index in [9.17, 15) is 9.59 Å². The van der Waals surface area contributed by atoms with Crippen molar-refractivity contribution in [3.05, 3.63) is 41.4 Å². The Morgan fingerprint density at radius 3 is 2.58 bits per heavy atom. The van der Waals surface area contributed by atoms with Crippen LogP contribution in [0.5, 0.6) is 0 Å². The lowest BCUT2D eigenvalue weighted by Gasteiger charge is -2.08. The van der Waals surface area contributed by atoms with Crippen LogP contribution in [-0.4, -0.2) is 16.9 Å². The molecule has 3 amide bonds. The molecule has 0 bridgehead atoms. The van der Waals surface area contributed by atoms with Crippen LogP contribution in [0.1, 0.15) is 12.5 Å². The minimum atomic E-state index is -1.00. The Labute approximate surface area is 110 Å². The topological polar surface area (TPSA) is 121 Å². The number of nitrogens with one attached hydrogen (secondary N) is 2. The number of hydrogen-bond donors (Lipinski definition) is 3. The molecule has 0 fully saturated rings. The van der Waals surface area contributed by atoms with Crippen LogP contribution < -0.4 is 16.4 Å². The van der Waals surface area contributed by atoms with Gasteiger partial charge in [0.1, 0.15) is 11.6 Å². The summed E-state index contributed by atoms with van der Waals surface area (Å²) in [5, 5.41) is 13.7. The lowest BCUT2D eigenvalue weighted by molar-refractivity contribution is -0.116. The second-order valence-electron chi connectivity index (χ2n) is 3.64. The van der Waals surface area contributed by atoms with Gasteiger partial charge in [0.2, 0.25) is 0 Å². The van der Waals surface area contributed by atoms with Crippen molar-refractivity contribution in [2.24, 2.45) is 5.73 Å². The second kappa shape index (κ2) is 6.76. The molecule has 7 heteroatoms. The van der Waals surface area contributed by atoms with Crippen LogP contribution in [0.15, 0.2) is 35.8 Å². The minimum Gasteiger partial charge on any atom is -0.383 e. The van der Waals surface area contributed by atoms with Gasteiger partial charge in [0.25, 0.3) is 5.91 Å². The standard InChI is InChI=1S/C12H13N5O2/c1-8(10(6-13)11(18)17-12(14)19)16-7-9-2-4-15-5-3-9/h2-5,16H,7H2,1H3,(H3,14,17,18,19). The predicted molar refractivity (Wildman–Crippen MR) is 67.1 cm³/mol. The molecule has 0 aliphatic heterocycles. The maximum Gasteiger partial charge on any atom is 0.319 e. The van der Waals surface area contributed by atoms with Crippen LogP contribution in [0.3, 0.4) is 0 Å². The fraction of sp³-hybridized carbons (Fsp3) is 0.167. The Balaban J connectivity index is 2.74. The number of urea groups is 1. The van der Waals surface area contributed by atoms with Crippen LogP contribution in [0.2, 0.25) is 0 Å². The summed E-state index contributed by atoms with van der Waals surface area (Å²) < 4.78 is 0. The number of aromatic nitrogens is 1. The Kier molecular flexibility index (Phi) is 5.04. The number of carbonyl (C=O) groups is 2. The summed E-state index contributed by atoms with van der Waals surface area (Å²) in [6, 6.07) is 4.33. The Morgan fingerprint density at radius 1 is 1.42 bits per heavy atom. The molecule has 1 aromatic rings. The zero-order valence-corrected chi connectivity index (χ0v) is 10.3. The molecule has 0 radical (unpaired) electrons. The monoisotopic (exact) mass is 259 g/mol. The molecule has 1 rings (SSSR count). The highest BCUT2D eigenvalue weighted by Crippen LogP contribution is 2.03. The molecule has 7 nitrogen and oxygen atoms in total. The number of allylic oxidation sites excluding steroid dienone is 1. The summed E-state index contributed by atoms with van der Waals surface area (Å²) in [7, 11) is 0. The summed E-state index contributed by atoms with van der Waals surface area (Å²) in [6.07, 6.45) is 3.28. The summed E-state index contributed by atoms with van der Waals surface area (Å²) in [6.45, 7) is 2.00. The lowest BCUT2D eigenvalue weighted by Crippen LogP contribution is -2.36. The van der Waals surface area contributed by atoms with Gasteiger partial charge >= 0.3 is 6.03 Å². The van der Waals surface area contributed by atoms with Gasteiger partial charge in [-0.1, -0.05) is 0 Å². The van der Waals surface area contributed by atoms with E-state index in [1.165, 1.54) is 0 Å². The SMILES string of the molecule is CC(NCc1ccncc1)=C(C#N)C(=O)NC(N)=O. The molecule has 98 valence electrons. The molecule has 0 unspecified atom stereocenters. The van der Waals surface area contributed by atoms with Gasteiger partial charge in [-0.2, -0.15) is 5.26 Å². The molecule has 0 saturated carbocycles. The van der Waals surface area contributed by atoms with Gasteiger partial charge in [-0.15, -0.1) is 0 Å². The van der Waals surface area contributed by atoms with E-state index in [1.807, 2.05) is 5.32 Å². The molecule has 0 spiro atoms. The van der Waals surface area contributed by atoms with Gasteiger partial charge in [0.15, 0.2) is 0 Å². The number of nitriles is 1. The quantitative estimate of drug-likeness (QED) is 0.525. The van der Waals surface area contributed by atoms with E-state index in [2.05, 4.69) is 10.3 Å². The normalized spacial score (nSPS) is 10.9. The number of primary amides is 1. The van der Waals surface area contributed by atoms with Crippen molar-refractivity contribution < 1.29 is 9.59 Å². The van der Waals surface area contributed by atoms with Crippen molar-refractivity contribution in [3.8, 4) is 6.07 Å². The van der Waals surface area contributed by atoms with E-state index in [1.54, 1.807) is 37.5 Å². The van der Waals surface area contributed by atoms with Gasteiger partial charge in [-0.05, 0) is 24.6 Å². The highest BCUT2D eigenvalue weighted by molar-refractivity contribution is 6.06. The van der Waals surface area contributed by atoms with E-state index in [-0.39, 0.29) is 5.57 Å². The number of nitrogens with two attached hydrogens (primary N) is 1. The molecule has 1 aromatic heterocycles. The first kappa shape index (κ1) is 14.2. The number of carbonyl (C=O) groups excluding carboxylic acids is 2. The van der Waals surface area contributed by atoms with E-state index >= 15 is 0 Å². The molecule has 19 heavy (non-hydrogen) atoms. The van der Waals surface area contributed by atoms with E-state index in [0.29, 0.717) is 12.2 Å². The molecular formula is C12H13N5O2. The summed E-state index contributed by atoms with van der Waals surface area (Å²) in [4.78, 5) is 25.9. The van der Waals surface area contributed by atoms with E-state index in [0.717, 1.165) is 5.56 Å². The molecular weight excluding hydrogens is 246 g/mol. The van der Waals surface area contributed by atoms with Crippen LogP contribution in [-0.2, 0) is 11.3 Å². The maximum atomic E-state index is 11.5. The number of imide groups is 1. The number of nitrogens with zero attached hydrogens (tertiary/aromatic N) is 2. The average Bonchev–Trinajstić information content (AvgIpc) is 2.37. The van der Waals surface area contributed by atoms with Crippen LogP contribution in [0.4, 0.5) is 4.79 Å². The summed E-state index contributed by atoms with van der Waals surface area (Å²) in [5.74, 6) is -0.824. The van der Waals surface area contributed by atoms with Crippen molar-refractivity contribution in [1.29, 1.82) is 5.26 Å². The first-order valence-electron chi connectivity index (χ1n) is 5.39. The molecule has 4 N–H and O–H groups in total. The first-order valence-corrected chi connectivity index (χ1v) is 5.39. The smallest absolute Gasteiger partial charge is 0.319 e. The third-order valence-electron chi connectivity index (χ3n) is 2.26. The Bertz CT molecular complexity index is 545. The molecule has 0 aliphatic carbocycles. The molecule has 0 aliphatic rings. The predicted octanol–water partition coefficient (Wildman–Crippen LogP) is 0.164. The molecule has 0 aromatic carbocycles. The largest absolute Gasteiger partial charge is 0.383 e. The van der Waals surface area contributed by atoms with Gasteiger partial charge in [0, 0.05) is 24.6 Å². The lowest BCUT2D eigenvalue weighted by atomic mass is 10.2. The molecule has 0 saturated heterocycles. The third-order valence-corrected chi connectivity index (χ3v) is 2.26. The average molecular weight is 259 g/mol. The van der Waals surface area contributed by atoms with Gasteiger partial charge in [-0.3, -0.25) is 15.1 Å². The van der Waals surface area contributed by atoms with Crippen molar-refractivity contribution in [2.45, 2.75) is 13.5 Å². The zero-order valence-electron chi connectivity index (χ0n) is 10.3. The van der Waals surface area contributed by atoms with Crippen molar-refractivity contribution in [2.75, 3.05) is 0 Å². The highest BCUT2D eigenvalue weighted by atomic mass is 16.2. The van der Waals surface area contributed by atoms with Crippen LogP contribution in [0, 0.1) is 11.3 Å². The van der Waals surface area contributed by atoms with E-state index < -0.39 is 11.9 Å². The van der Waals surface area contributed by atoms with Crippen LogP contribution in [0.25, 0.3) is 0 Å². The van der Waals surface area contributed by atoms with Crippen LogP contribution >= 0.6 is 0 Å². The number of amides is 3. The molecule has 1 heterocycles. The number of hydrogen-bond acceptors (Lipinski definition) is 5. The second-order valence-corrected chi connectivity index (χ2v) is 3.64. The van der Waals surface area contributed by atoms with Crippen molar-refractivity contribution in [1.82, 2.24) is 15.6 Å². The highest BCUT2D eigenvalue weighted by Gasteiger charge is 2.14. The first-order chi connectivity index (χ1) is 9.04. The summed E-state index contributed by atoms with van der Waals surface area (Å²) >= 11 is 0. The summed E-state index contributed by atoms with van der Waals surface area (Å²) in [5.41, 5.74) is 5.94. The number of rotatable bonds is 4. The Hall–Kier alpha value is -2.88. The van der Waals surface area contributed by atoms with Gasteiger partial charge in [0.05, 0.1) is 0 Å². The van der Waals surface area contributed by atoms with Gasteiger partial charge < -0.3 is 11.1 Å². The maximum absolute atomic E-state index is 11.5. The van der Waals surface area contributed by atoms with Crippen molar-refractivity contribution >= 4 is 11.9 Å². The van der Waals surface area contributed by atoms with Crippen molar-refractivity contribution in [3.63, 3.8) is 0 Å². The third kappa shape index (κ3) is 4.47. The van der Waals surface area contributed by atoms with E-state index in [4.69, 9.17) is 11.0 Å². The fourth-order valence-electron chi connectivity index (χ4n) is 1.30.